The molecule has 0 aliphatic rings. The minimum Gasteiger partial charge on any atom is -0.478 e. The van der Waals surface area contributed by atoms with Crippen molar-refractivity contribution in [3.05, 3.63) is 65.2 Å². The first kappa shape index (κ1) is 15.6. The molecule has 7 heteroatoms. The van der Waals surface area contributed by atoms with E-state index in [1.807, 2.05) is 0 Å². The Morgan fingerprint density at radius 3 is 2.41 bits per heavy atom. The van der Waals surface area contributed by atoms with Crippen LogP contribution in [0.15, 0.2) is 53.6 Å². The number of rotatable bonds is 4. The van der Waals surface area contributed by atoms with Crippen molar-refractivity contribution in [1.82, 2.24) is 0 Å². The third kappa shape index (κ3) is 4.08. The molecule has 0 atom stereocenters. The molecule has 4 nitrogen and oxygen atoms in total. The fraction of sp³-hybridized carbons (Fsp3) is 0.0667. The summed E-state index contributed by atoms with van der Waals surface area (Å²) < 4.78 is 37.2. The van der Waals surface area contributed by atoms with Crippen molar-refractivity contribution >= 4 is 17.9 Å². The molecule has 0 saturated carbocycles. The lowest BCUT2D eigenvalue weighted by Gasteiger charge is -2.06. The molecule has 0 saturated heterocycles. The van der Waals surface area contributed by atoms with Gasteiger partial charge >= 0.3 is 12.1 Å². The van der Waals surface area contributed by atoms with Crippen LogP contribution in [0, 0.1) is 0 Å². The van der Waals surface area contributed by atoms with Gasteiger partial charge in [-0.1, -0.05) is 18.2 Å². The van der Waals surface area contributed by atoms with Crippen LogP contribution in [0.3, 0.4) is 0 Å². The summed E-state index contributed by atoms with van der Waals surface area (Å²) in [6.45, 7) is 0. The van der Waals surface area contributed by atoms with Crippen molar-refractivity contribution in [3.63, 3.8) is 0 Å². The molecule has 0 aliphatic heterocycles. The summed E-state index contributed by atoms with van der Waals surface area (Å²) in [5.41, 5.74) is 2.94. The van der Waals surface area contributed by atoms with Gasteiger partial charge in [-0.25, -0.2) is 4.79 Å². The average Bonchev–Trinajstić information content (AvgIpc) is 2.47. The molecule has 2 N–H and O–H groups in total. The number of alkyl halides is 3. The van der Waals surface area contributed by atoms with E-state index in [0.29, 0.717) is 11.3 Å². The molecule has 114 valence electrons. The molecule has 0 fully saturated rings. The second-order valence-corrected chi connectivity index (χ2v) is 4.38. The predicted octanol–water partition coefficient (Wildman–Crippen LogP) is 3.85. The highest BCUT2D eigenvalue weighted by atomic mass is 19.4. The monoisotopic (exact) mass is 308 g/mol. The maximum Gasteiger partial charge on any atom is 0.416 e. The predicted molar refractivity (Wildman–Crippen MR) is 76.1 cm³/mol. The van der Waals surface area contributed by atoms with E-state index in [0.717, 1.165) is 12.1 Å². The van der Waals surface area contributed by atoms with E-state index < -0.39 is 17.7 Å². The Morgan fingerprint density at radius 2 is 1.82 bits per heavy atom. The number of carboxylic acids is 1. The summed E-state index contributed by atoms with van der Waals surface area (Å²) in [6, 6.07) is 10.5. The van der Waals surface area contributed by atoms with Crippen LogP contribution in [-0.4, -0.2) is 17.3 Å². The molecule has 0 unspecified atom stereocenters. The third-order valence-corrected chi connectivity index (χ3v) is 2.75. The number of halogens is 3. The lowest BCUT2D eigenvalue weighted by Crippen LogP contribution is -2.04. The van der Waals surface area contributed by atoms with E-state index in [4.69, 9.17) is 5.11 Å². The van der Waals surface area contributed by atoms with Crippen molar-refractivity contribution < 1.29 is 23.1 Å². The van der Waals surface area contributed by atoms with Gasteiger partial charge in [-0.3, -0.25) is 5.43 Å². The summed E-state index contributed by atoms with van der Waals surface area (Å²) in [5.74, 6) is -1.06. The Morgan fingerprint density at radius 1 is 1.14 bits per heavy atom. The smallest absolute Gasteiger partial charge is 0.416 e. The normalized spacial score (nSPS) is 11.6. The quantitative estimate of drug-likeness (QED) is 0.666. The van der Waals surface area contributed by atoms with Crippen LogP contribution in [0.25, 0.3) is 0 Å². The Bertz CT molecular complexity index is 695. The first-order valence-electron chi connectivity index (χ1n) is 6.16. The van der Waals surface area contributed by atoms with E-state index in [1.54, 1.807) is 12.1 Å². The van der Waals surface area contributed by atoms with Gasteiger partial charge in [0.15, 0.2) is 0 Å². The largest absolute Gasteiger partial charge is 0.478 e. The van der Waals surface area contributed by atoms with Gasteiger partial charge in [0.1, 0.15) is 0 Å². The van der Waals surface area contributed by atoms with Crippen molar-refractivity contribution in [2.24, 2.45) is 5.10 Å². The molecule has 0 aromatic heterocycles. The van der Waals surface area contributed by atoms with Crippen LogP contribution in [0.1, 0.15) is 21.5 Å². The zero-order valence-corrected chi connectivity index (χ0v) is 11.1. The number of aromatic carboxylic acids is 1. The van der Waals surface area contributed by atoms with E-state index in [1.165, 1.54) is 30.5 Å². The van der Waals surface area contributed by atoms with Crippen molar-refractivity contribution in [2.45, 2.75) is 6.18 Å². The summed E-state index contributed by atoms with van der Waals surface area (Å²) in [4.78, 5) is 10.8. The zero-order valence-electron chi connectivity index (χ0n) is 11.1. The Kier molecular flexibility index (Phi) is 4.45. The molecule has 2 aromatic rings. The highest BCUT2D eigenvalue weighted by Crippen LogP contribution is 2.28. The summed E-state index contributed by atoms with van der Waals surface area (Å²) in [5, 5.41) is 12.7. The van der Waals surface area contributed by atoms with Crippen LogP contribution in [0.4, 0.5) is 18.9 Å². The van der Waals surface area contributed by atoms with Crippen molar-refractivity contribution in [1.29, 1.82) is 0 Å². The highest BCUT2D eigenvalue weighted by Gasteiger charge is 2.29. The minimum absolute atomic E-state index is 0.106. The topological polar surface area (TPSA) is 61.7 Å². The molecule has 2 aromatic carbocycles. The van der Waals surface area contributed by atoms with Gasteiger partial charge in [0, 0.05) is 0 Å². The minimum atomic E-state index is -4.37. The Labute approximate surface area is 123 Å². The highest BCUT2D eigenvalue weighted by molar-refractivity contribution is 5.88. The van der Waals surface area contributed by atoms with E-state index in [-0.39, 0.29) is 5.56 Å². The van der Waals surface area contributed by atoms with E-state index >= 15 is 0 Å². The molecule has 0 amide bonds. The third-order valence-electron chi connectivity index (χ3n) is 2.75. The van der Waals surface area contributed by atoms with Crippen LogP contribution in [-0.2, 0) is 6.18 Å². The van der Waals surface area contributed by atoms with Gasteiger partial charge in [0.05, 0.1) is 23.0 Å². The van der Waals surface area contributed by atoms with Gasteiger partial charge in [0.2, 0.25) is 0 Å². The molecule has 0 spiro atoms. The molecule has 0 bridgehead atoms. The number of hydrogen-bond donors (Lipinski definition) is 2. The van der Waals surface area contributed by atoms with Gasteiger partial charge in [0.25, 0.3) is 0 Å². The average molecular weight is 308 g/mol. The number of nitrogens with zero attached hydrogens (tertiary/aromatic N) is 1. The van der Waals surface area contributed by atoms with Crippen LogP contribution < -0.4 is 5.43 Å². The summed E-state index contributed by atoms with van der Waals surface area (Å²) in [7, 11) is 0. The Balaban J connectivity index is 2.03. The van der Waals surface area contributed by atoms with Gasteiger partial charge < -0.3 is 5.11 Å². The number of hydrogen-bond acceptors (Lipinski definition) is 3. The number of nitrogens with one attached hydrogen (secondary N) is 1. The second-order valence-electron chi connectivity index (χ2n) is 4.38. The lowest BCUT2D eigenvalue weighted by atomic mass is 10.1. The fourth-order valence-electron chi connectivity index (χ4n) is 1.66. The van der Waals surface area contributed by atoms with Gasteiger partial charge in [-0.2, -0.15) is 18.3 Å². The summed E-state index contributed by atoms with van der Waals surface area (Å²) >= 11 is 0. The molecule has 2 rings (SSSR count). The molecule has 0 aliphatic carbocycles. The Hall–Kier alpha value is -2.83. The SMILES string of the molecule is O=C(O)c1cccc(NN=Cc2ccc(C(F)(F)F)cc2)c1. The lowest BCUT2D eigenvalue weighted by molar-refractivity contribution is -0.137. The zero-order chi connectivity index (χ0) is 16.2. The first-order chi connectivity index (χ1) is 10.4. The standard InChI is InChI=1S/C15H11F3N2O2/c16-15(17,18)12-6-4-10(5-7-12)9-19-20-13-3-1-2-11(8-13)14(21)22/h1-9,20H,(H,21,22). The maximum absolute atomic E-state index is 12.4. The first-order valence-corrected chi connectivity index (χ1v) is 6.16. The van der Waals surface area contributed by atoms with Crippen molar-refractivity contribution in [3.8, 4) is 0 Å². The molecule has 0 heterocycles. The molecule has 22 heavy (non-hydrogen) atoms. The summed E-state index contributed by atoms with van der Waals surface area (Å²) in [6.07, 6.45) is -3.03. The maximum atomic E-state index is 12.4. The molecular formula is C15H11F3N2O2. The van der Waals surface area contributed by atoms with Crippen LogP contribution >= 0.6 is 0 Å². The number of hydrazone groups is 1. The van der Waals surface area contributed by atoms with Crippen LogP contribution in [0.2, 0.25) is 0 Å². The fourth-order valence-corrected chi connectivity index (χ4v) is 1.66. The number of carboxylic acid groups (broad SMARTS) is 1. The number of benzene rings is 2. The van der Waals surface area contributed by atoms with Crippen LogP contribution in [0.5, 0.6) is 0 Å². The van der Waals surface area contributed by atoms with E-state index in [2.05, 4.69) is 10.5 Å². The van der Waals surface area contributed by atoms with Gasteiger partial charge in [-0.05, 0) is 35.9 Å². The molecular weight excluding hydrogens is 297 g/mol. The molecule has 0 radical (unpaired) electrons. The van der Waals surface area contributed by atoms with Gasteiger partial charge in [-0.15, -0.1) is 0 Å². The van der Waals surface area contributed by atoms with Crippen molar-refractivity contribution in [2.75, 3.05) is 5.43 Å². The second kappa shape index (κ2) is 6.30. The number of carbonyl (C=O) groups is 1. The van der Waals surface area contributed by atoms with E-state index in [9.17, 15) is 18.0 Å². The number of anilines is 1.